The molecule has 128 valence electrons. The summed E-state index contributed by atoms with van der Waals surface area (Å²) in [4.78, 5) is 12.0. The molecule has 0 saturated heterocycles. The zero-order valence-electron chi connectivity index (χ0n) is 13.6. The Kier molecular flexibility index (Phi) is 6.31. The van der Waals surface area contributed by atoms with Gasteiger partial charge in [0.2, 0.25) is 0 Å². The van der Waals surface area contributed by atoms with Crippen molar-refractivity contribution in [2.45, 2.75) is 20.3 Å². The Labute approximate surface area is 145 Å². The van der Waals surface area contributed by atoms with E-state index in [0.717, 1.165) is 13.0 Å². The smallest absolute Gasteiger partial charge is 0.305 e. The maximum Gasteiger partial charge on any atom is 0.305 e. The van der Waals surface area contributed by atoms with Gasteiger partial charge in [0, 0.05) is 12.1 Å². The Balaban J connectivity index is 1.85. The van der Waals surface area contributed by atoms with Gasteiger partial charge in [-0.1, -0.05) is 13.8 Å². The molecule has 2 aromatic rings. The van der Waals surface area contributed by atoms with Crippen LogP contribution in [-0.4, -0.2) is 17.6 Å². The number of hydrogen-bond donors (Lipinski definition) is 3. The third-order valence-electron chi connectivity index (χ3n) is 3.26. The highest BCUT2D eigenvalue weighted by Gasteiger charge is 2.12. The first-order valence-corrected chi connectivity index (χ1v) is 8.06. The van der Waals surface area contributed by atoms with Gasteiger partial charge >= 0.3 is 5.91 Å². The van der Waals surface area contributed by atoms with Crippen molar-refractivity contribution in [1.29, 1.82) is 0 Å². The van der Waals surface area contributed by atoms with Crippen molar-refractivity contribution >= 4 is 23.2 Å². The number of carbonyl (C=O) groups is 1. The third kappa shape index (κ3) is 5.34. The fourth-order valence-corrected chi connectivity index (χ4v) is 2.08. The SMILES string of the molecule is CC(C)CCNC(=S)NNC(=O)c1ccc(-c2ccc(F)cc2)o1. The minimum Gasteiger partial charge on any atom is -0.451 e. The minimum atomic E-state index is -0.448. The quantitative estimate of drug-likeness (QED) is 0.571. The summed E-state index contributed by atoms with van der Waals surface area (Å²) in [6, 6.07) is 9.04. The third-order valence-corrected chi connectivity index (χ3v) is 3.50. The molecule has 0 aliphatic rings. The van der Waals surface area contributed by atoms with Gasteiger partial charge in [-0.25, -0.2) is 4.39 Å². The summed E-state index contributed by atoms with van der Waals surface area (Å²) in [5.74, 6) is 0.412. The van der Waals surface area contributed by atoms with Gasteiger partial charge in [0.1, 0.15) is 11.6 Å². The molecular formula is C17H20FN3O2S. The van der Waals surface area contributed by atoms with Crippen LogP contribution in [0.1, 0.15) is 30.8 Å². The van der Waals surface area contributed by atoms with E-state index in [-0.39, 0.29) is 11.6 Å². The Morgan fingerprint density at radius 2 is 1.88 bits per heavy atom. The number of hydrazine groups is 1. The van der Waals surface area contributed by atoms with Crippen molar-refractivity contribution in [2.24, 2.45) is 5.92 Å². The zero-order chi connectivity index (χ0) is 17.5. The standard InChI is InChI=1S/C17H20FN3O2S/c1-11(2)9-10-19-17(24)21-20-16(22)15-8-7-14(23-15)12-3-5-13(18)6-4-12/h3-8,11H,9-10H2,1-2H3,(H,20,22)(H2,19,21,24). The van der Waals surface area contributed by atoms with Crippen molar-refractivity contribution in [3.63, 3.8) is 0 Å². The molecule has 0 spiro atoms. The van der Waals surface area contributed by atoms with E-state index in [1.807, 2.05) is 0 Å². The van der Waals surface area contributed by atoms with Gasteiger partial charge in [0.15, 0.2) is 10.9 Å². The van der Waals surface area contributed by atoms with Crippen LogP contribution in [0.4, 0.5) is 4.39 Å². The fraction of sp³-hybridized carbons (Fsp3) is 0.294. The first-order valence-electron chi connectivity index (χ1n) is 7.65. The van der Waals surface area contributed by atoms with E-state index in [4.69, 9.17) is 16.6 Å². The maximum atomic E-state index is 12.9. The molecule has 0 fully saturated rings. The van der Waals surface area contributed by atoms with E-state index in [1.165, 1.54) is 12.1 Å². The second-order valence-electron chi connectivity index (χ2n) is 5.69. The summed E-state index contributed by atoms with van der Waals surface area (Å²) in [6.45, 7) is 4.97. The number of halogens is 1. The van der Waals surface area contributed by atoms with Crippen LogP contribution in [0.2, 0.25) is 0 Å². The van der Waals surface area contributed by atoms with E-state index < -0.39 is 5.91 Å². The van der Waals surface area contributed by atoms with E-state index in [0.29, 0.717) is 22.4 Å². The Morgan fingerprint density at radius 3 is 2.54 bits per heavy atom. The van der Waals surface area contributed by atoms with Crippen LogP contribution in [0, 0.1) is 11.7 Å². The van der Waals surface area contributed by atoms with Gasteiger partial charge in [-0.3, -0.25) is 15.6 Å². The summed E-state index contributed by atoms with van der Waals surface area (Å²) in [5.41, 5.74) is 5.78. The van der Waals surface area contributed by atoms with Crippen molar-refractivity contribution in [1.82, 2.24) is 16.2 Å². The number of amides is 1. The molecule has 1 amide bonds. The lowest BCUT2D eigenvalue weighted by atomic mass is 10.1. The van der Waals surface area contributed by atoms with Gasteiger partial charge in [0.05, 0.1) is 0 Å². The molecule has 7 heteroatoms. The summed E-state index contributed by atoms with van der Waals surface area (Å²) in [5, 5.41) is 3.34. The molecule has 1 aromatic heterocycles. The van der Waals surface area contributed by atoms with Crippen molar-refractivity contribution in [3.8, 4) is 11.3 Å². The fourth-order valence-electron chi connectivity index (χ4n) is 1.92. The number of rotatable bonds is 5. The lowest BCUT2D eigenvalue weighted by molar-refractivity contribution is 0.0916. The van der Waals surface area contributed by atoms with Gasteiger partial charge in [-0.2, -0.15) is 0 Å². The van der Waals surface area contributed by atoms with Gasteiger partial charge in [0.25, 0.3) is 0 Å². The molecule has 0 aliphatic heterocycles. The largest absolute Gasteiger partial charge is 0.451 e. The van der Waals surface area contributed by atoms with E-state index in [1.54, 1.807) is 24.3 Å². The van der Waals surface area contributed by atoms with Crippen LogP contribution in [0.5, 0.6) is 0 Å². The molecule has 0 saturated carbocycles. The van der Waals surface area contributed by atoms with Crippen LogP contribution < -0.4 is 16.2 Å². The van der Waals surface area contributed by atoms with Crippen LogP contribution in [0.25, 0.3) is 11.3 Å². The summed E-state index contributed by atoms with van der Waals surface area (Å²) >= 11 is 5.07. The minimum absolute atomic E-state index is 0.131. The van der Waals surface area contributed by atoms with Crippen molar-refractivity contribution in [3.05, 3.63) is 48.0 Å². The van der Waals surface area contributed by atoms with Crippen LogP contribution in [0.15, 0.2) is 40.8 Å². The summed E-state index contributed by atoms with van der Waals surface area (Å²) in [6.07, 6.45) is 0.981. The average Bonchev–Trinajstić information content (AvgIpc) is 3.03. The number of carbonyl (C=O) groups excluding carboxylic acids is 1. The molecule has 24 heavy (non-hydrogen) atoms. The topological polar surface area (TPSA) is 66.3 Å². The highest BCUT2D eigenvalue weighted by atomic mass is 32.1. The lowest BCUT2D eigenvalue weighted by Gasteiger charge is -2.11. The number of hydrogen-bond acceptors (Lipinski definition) is 3. The molecule has 3 N–H and O–H groups in total. The molecule has 0 bridgehead atoms. The van der Waals surface area contributed by atoms with Crippen LogP contribution >= 0.6 is 12.2 Å². The second-order valence-corrected chi connectivity index (χ2v) is 6.10. The number of thiocarbonyl (C=S) groups is 1. The average molecular weight is 349 g/mol. The highest BCUT2D eigenvalue weighted by Crippen LogP contribution is 2.22. The molecule has 0 unspecified atom stereocenters. The normalized spacial score (nSPS) is 10.5. The maximum absolute atomic E-state index is 12.9. The zero-order valence-corrected chi connectivity index (χ0v) is 14.4. The van der Waals surface area contributed by atoms with Crippen LogP contribution in [0.3, 0.4) is 0 Å². The van der Waals surface area contributed by atoms with Gasteiger partial charge in [-0.05, 0) is 61.0 Å². The van der Waals surface area contributed by atoms with Crippen molar-refractivity contribution in [2.75, 3.05) is 6.54 Å². The second kappa shape index (κ2) is 8.44. The molecule has 1 heterocycles. The lowest BCUT2D eigenvalue weighted by Crippen LogP contribution is -2.47. The molecule has 0 atom stereocenters. The van der Waals surface area contributed by atoms with E-state index in [9.17, 15) is 9.18 Å². The van der Waals surface area contributed by atoms with E-state index in [2.05, 4.69) is 30.0 Å². The highest BCUT2D eigenvalue weighted by molar-refractivity contribution is 7.80. The Bertz CT molecular complexity index is 698. The van der Waals surface area contributed by atoms with Gasteiger partial charge in [-0.15, -0.1) is 0 Å². The number of furan rings is 1. The first kappa shape index (κ1) is 17.9. The molecular weight excluding hydrogens is 329 g/mol. The molecule has 1 aromatic carbocycles. The molecule has 0 aliphatic carbocycles. The first-order chi connectivity index (χ1) is 11.5. The number of benzene rings is 1. The molecule has 0 radical (unpaired) electrons. The van der Waals surface area contributed by atoms with Gasteiger partial charge < -0.3 is 9.73 Å². The Morgan fingerprint density at radius 1 is 1.17 bits per heavy atom. The van der Waals surface area contributed by atoms with Crippen LogP contribution in [-0.2, 0) is 0 Å². The predicted octanol–water partition coefficient (Wildman–Crippen LogP) is 3.24. The Hall–Kier alpha value is -2.41. The van der Waals surface area contributed by atoms with Crippen molar-refractivity contribution < 1.29 is 13.6 Å². The number of nitrogens with one attached hydrogen (secondary N) is 3. The monoisotopic (exact) mass is 349 g/mol. The summed E-state index contributed by atoms with van der Waals surface area (Å²) in [7, 11) is 0. The molecule has 2 rings (SSSR count). The predicted molar refractivity (Wildman–Crippen MR) is 94.8 cm³/mol. The summed E-state index contributed by atoms with van der Waals surface area (Å²) < 4.78 is 18.4. The molecule has 5 nitrogen and oxygen atoms in total. The van der Waals surface area contributed by atoms with E-state index >= 15 is 0 Å².